The van der Waals surface area contributed by atoms with Crippen LogP contribution >= 0.6 is 0 Å². The predicted octanol–water partition coefficient (Wildman–Crippen LogP) is -0.0807. The molecule has 0 saturated carbocycles. The van der Waals surface area contributed by atoms with Gasteiger partial charge < -0.3 is 124 Å². The van der Waals surface area contributed by atoms with Crippen molar-refractivity contribution < 1.29 is 76.4 Å². The zero-order chi connectivity index (χ0) is 78.1. The maximum atomic E-state index is 13.3. The number of amides is 11. The van der Waals surface area contributed by atoms with Crippen LogP contribution in [0.5, 0.6) is 0 Å². The molecule has 0 atom stereocenters. The molecular weight excluding hydrogens is 1410 g/mol. The third-order valence-electron chi connectivity index (χ3n) is 15.9. The first kappa shape index (κ1) is 83.8. The first-order valence-electron chi connectivity index (χ1n) is 34.9. The number of likely N-dealkylation sites (N-methyl/N-ethyl adjacent to an activating group) is 2. The molecule has 0 aromatic carbocycles. The predicted molar refractivity (Wildman–Crippen MR) is 394 cm³/mol. The zero-order valence-corrected chi connectivity index (χ0v) is 62.2. The second kappa shape index (κ2) is 43.3. The fraction of sp³-hybridized carbons (Fsp3) is 0.485. The lowest BCUT2D eigenvalue weighted by molar-refractivity contribution is -0.121. The van der Waals surface area contributed by atoms with Gasteiger partial charge in [-0.05, 0) is 38.2 Å². The highest BCUT2D eigenvalue weighted by atomic mass is 16.6. The van der Waals surface area contributed by atoms with E-state index in [1.807, 2.05) is 0 Å². The third-order valence-corrected chi connectivity index (χ3v) is 15.9. The molecule has 108 heavy (non-hydrogen) atoms. The summed E-state index contributed by atoms with van der Waals surface area (Å²) < 4.78 is 38.0. The molecule has 40 heteroatoms. The van der Waals surface area contributed by atoms with E-state index in [1.54, 1.807) is 66.3 Å². The summed E-state index contributed by atoms with van der Waals surface area (Å²) in [7, 11) is 13.3. The van der Waals surface area contributed by atoms with E-state index in [1.165, 1.54) is 82.8 Å². The van der Waals surface area contributed by atoms with E-state index in [-0.39, 0.29) is 141 Å². The van der Waals surface area contributed by atoms with Gasteiger partial charge in [0.2, 0.25) is 41.1 Å². The van der Waals surface area contributed by atoms with E-state index in [0.29, 0.717) is 70.8 Å². The van der Waals surface area contributed by atoms with Crippen LogP contribution in [0, 0.1) is 0 Å². The molecule has 0 fully saturated rings. The molecule has 0 bridgehead atoms. The first-order valence-corrected chi connectivity index (χ1v) is 34.9. The Morgan fingerprint density at radius 3 is 1.24 bits per heavy atom. The monoisotopic (exact) mass is 1510 g/mol. The van der Waals surface area contributed by atoms with E-state index in [2.05, 4.69) is 103 Å². The Morgan fingerprint density at radius 1 is 0.361 bits per heavy atom. The lowest BCUT2D eigenvalue weighted by Crippen LogP contribution is -2.33. The minimum absolute atomic E-state index is 0.000576. The van der Waals surface area contributed by atoms with Crippen molar-refractivity contribution in [2.24, 2.45) is 49.3 Å². The number of carbonyl (C=O) groups excluding carboxylic acids is 11. The van der Waals surface area contributed by atoms with Crippen molar-refractivity contribution in [2.75, 3.05) is 164 Å². The fourth-order valence-corrected chi connectivity index (χ4v) is 10.3. The standard InChI is InChI=1S/C68H98N24O16/c1-10-69-20-23-85(2)25-27-105-29-31-107-33-35-108-34-32-106-30-28-104-26-22-70-54(93)13-17-74-66(101)60-83-53(44-91(60)8)84-64(99)50-36-45(39-89(50)6)76-56(95)14-19-75-65(100)59-81-51(42-90(59)7)79-55(94)12-11-16-72-62(97)48-38-47(41-87(48)4)78-68(103)61-82-52(43-92(61)9)80-57(96)15-18-73-63(98)49-37-46(40-88(49)5)77-67(102)58-71-21-24-86(58)3/h21,24,36-44,69H,10-20,22-23,25-35H2,1-9H3,(H,70,93)(H,72,97)(H,73,98)(H,74,101)(H,75,100)(H,76,95)(H,77,102)(H,78,103)(H,79,94)(H,80,96)(H,84,99). The molecule has 586 valence electrons. The second-order valence-corrected chi connectivity index (χ2v) is 24.7. The Hall–Kier alpha value is -11.4. The van der Waals surface area contributed by atoms with Crippen molar-refractivity contribution in [1.29, 1.82) is 0 Å². The van der Waals surface area contributed by atoms with E-state index in [9.17, 15) is 52.7 Å². The van der Waals surface area contributed by atoms with Gasteiger partial charge in [0, 0.05) is 177 Å². The summed E-state index contributed by atoms with van der Waals surface area (Å²) >= 11 is 0. The number of hydrogen-bond acceptors (Lipinski definition) is 22. The molecular formula is C68H98N24O16. The highest BCUT2D eigenvalue weighted by molar-refractivity contribution is 6.06. The van der Waals surface area contributed by atoms with Crippen molar-refractivity contribution in [3.8, 4) is 0 Å². The van der Waals surface area contributed by atoms with Crippen LogP contribution in [0.3, 0.4) is 0 Å². The summed E-state index contributed by atoms with van der Waals surface area (Å²) in [5, 5.41) is 32.7. The van der Waals surface area contributed by atoms with Gasteiger partial charge >= 0.3 is 0 Å². The Morgan fingerprint density at radius 2 is 0.759 bits per heavy atom. The summed E-state index contributed by atoms with van der Waals surface area (Å²) in [6, 6.07) is 4.39. The van der Waals surface area contributed by atoms with Crippen LogP contribution in [0.1, 0.15) is 113 Å². The number of hydrogen-bond donors (Lipinski definition) is 12. The van der Waals surface area contributed by atoms with Crippen molar-refractivity contribution in [1.82, 2.24) is 88.7 Å². The molecule has 0 aliphatic carbocycles. The highest BCUT2D eigenvalue weighted by Crippen LogP contribution is 2.19. The van der Waals surface area contributed by atoms with Gasteiger partial charge in [0.1, 0.15) is 17.1 Å². The van der Waals surface area contributed by atoms with Crippen LogP contribution in [0.25, 0.3) is 0 Å². The van der Waals surface area contributed by atoms with Crippen molar-refractivity contribution >= 4 is 99.5 Å². The van der Waals surface area contributed by atoms with Crippen LogP contribution in [0.2, 0.25) is 0 Å². The molecule has 0 radical (unpaired) electrons. The second-order valence-electron chi connectivity index (χ2n) is 24.7. The zero-order valence-electron chi connectivity index (χ0n) is 62.2. The molecule has 40 nitrogen and oxygen atoms in total. The summed E-state index contributed by atoms with van der Waals surface area (Å²) in [4.78, 5) is 161. The molecule has 7 rings (SSSR count). The van der Waals surface area contributed by atoms with Gasteiger partial charge in [-0.3, -0.25) is 52.7 Å². The molecule has 12 N–H and O–H groups in total. The number of nitrogens with one attached hydrogen (secondary N) is 12. The van der Waals surface area contributed by atoms with Crippen molar-refractivity contribution in [3.05, 3.63) is 108 Å². The quantitative estimate of drug-likeness (QED) is 0.0222. The van der Waals surface area contributed by atoms with Crippen LogP contribution in [0.15, 0.2) is 67.8 Å². The number of nitrogens with zero attached hydrogens (tertiary/aromatic N) is 12. The van der Waals surface area contributed by atoms with Gasteiger partial charge in [0.25, 0.3) is 41.4 Å². The van der Waals surface area contributed by atoms with Gasteiger partial charge in [-0.15, -0.1) is 0 Å². The van der Waals surface area contributed by atoms with E-state index in [4.69, 9.17) is 23.7 Å². The smallest absolute Gasteiger partial charge is 0.291 e. The number of rotatable bonds is 48. The molecule has 7 aromatic heterocycles. The normalized spacial score (nSPS) is 11.1. The summed E-state index contributed by atoms with van der Waals surface area (Å²) in [6.07, 6.45) is 12.0. The summed E-state index contributed by atoms with van der Waals surface area (Å²) in [5.41, 5.74) is 1.53. The van der Waals surface area contributed by atoms with Gasteiger partial charge in [-0.1, -0.05) is 6.92 Å². The van der Waals surface area contributed by atoms with Crippen LogP contribution in [-0.2, 0) is 92.2 Å². The van der Waals surface area contributed by atoms with Crippen LogP contribution in [0.4, 0.5) is 34.5 Å². The van der Waals surface area contributed by atoms with Crippen LogP contribution in [-0.4, -0.2) is 254 Å². The minimum atomic E-state index is -0.637. The summed E-state index contributed by atoms with van der Waals surface area (Å²) in [6.45, 7) is 10.6. The van der Waals surface area contributed by atoms with Gasteiger partial charge in [0.15, 0.2) is 23.3 Å². The topological polar surface area (TPSA) is 468 Å². The molecule has 0 aliphatic heterocycles. The lowest BCUT2D eigenvalue weighted by atomic mass is 10.3. The Labute approximate surface area is 622 Å². The highest BCUT2D eigenvalue weighted by Gasteiger charge is 2.24. The molecule has 0 saturated heterocycles. The fourth-order valence-electron chi connectivity index (χ4n) is 10.3. The Bertz CT molecular complexity index is 4200. The van der Waals surface area contributed by atoms with Crippen molar-refractivity contribution in [3.63, 3.8) is 0 Å². The number of ether oxygens (including phenoxy) is 5. The maximum Gasteiger partial charge on any atom is 0.291 e. The molecule has 7 aromatic rings. The van der Waals surface area contributed by atoms with E-state index < -0.39 is 59.1 Å². The molecule has 0 spiro atoms. The summed E-state index contributed by atoms with van der Waals surface area (Å²) in [5.74, 6) is -5.22. The molecule has 0 unspecified atom stereocenters. The number of anilines is 6. The number of aromatic nitrogens is 11. The largest absolute Gasteiger partial charge is 0.378 e. The SMILES string of the molecule is CCNCCN(C)CCOCCOCCOCCOCCOCCNC(=O)CCNC(=O)c1nc(NC(=O)c2cc(NC(=O)CCNC(=O)c3nc(NC(=O)CCCNC(=O)c4cc(NC(=O)c5nc(NC(=O)CCNC(=O)c6cc(NC(=O)c7nccn7C)cn6C)cn5C)cn4C)cn3C)cn2C)cn1C. The average molecular weight is 1510 g/mol. The Balaban J connectivity index is 0.700. The van der Waals surface area contributed by atoms with E-state index in [0.717, 1.165) is 26.2 Å². The molecule has 0 aliphatic rings. The number of aryl methyl sites for hydroxylation is 7. The van der Waals surface area contributed by atoms with Gasteiger partial charge in [-0.2, -0.15) is 0 Å². The van der Waals surface area contributed by atoms with Crippen LogP contribution < -0.4 is 63.8 Å². The number of carbonyl (C=O) groups is 11. The number of imidazole rings is 4. The van der Waals surface area contributed by atoms with Crippen molar-refractivity contribution in [2.45, 2.75) is 39.0 Å². The van der Waals surface area contributed by atoms with E-state index >= 15 is 0 Å². The molecule has 7 heterocycles. The average Bonchev–Trinajstić information content (AvgIpc) is 1.70. The lowest BCUT2D eigenvalue weighted by Gasteiger charge is -2.16. The first-order chi connectivity index (χ1) is 51.8. The van der Waals surface area contributed by atoms with Gasteiger partial charge in [-0.25, -0.2) is 19.9 Å². The Kier molecular flexibility index (Phi) is 33.6. The third kappa shape index (κ3) is 27.5. The minimum Gasteiger partial charge on any atom is -0.378 e. The molecule has 11 amide bonds. The maximum absolute atomic E-state index is 13.3. The van der Waals surface area contributed by atoms with Gasteiger partial charge in [0.05, 0.1) is 83.1 Å².